The van der Waals surface area contributed by atoms with Crippen LogP contribution in [0.4, 0.5) is 0 Å². The summed E-state index contributed by atoms with van der Waals surface area (Å²) in [6.07, 6.45) is 1.78. The number of rotatable bonds is 1. The van der Waals surface area contributed by atoms with E-state index in [0.29, 0.717) is 0 Å². The Morgan fingerprint density at radius 1 is 1.50 bits per heavy atom. The maximum Gasteiger partial charge on any atom is 0 e. The van der Waals surface area contributed by atoms with Gasteiger partial charge in [-0.05, 0) is 0 Å². The first-order chi connectivity index (χ1) is 2.27. The van der Waals surface area contributed by atoms with Crippen molar-refractivity contribution < 1.29 is 23.4 Å². The molecule has 0 N–H and O–H groups in total. The molecule has 0 aliphatic rings. The molecule has 0 heterocycles. The third-order valence-electron chi connectivity index (χ3n) is 0.236. The smallest absolute Gasteiger partial charge is 0 e. The van der Waals surface area contributed by atoms with E-state index in [2.05, 4.69) is 0 Å². The Balaban J connectivity index is 0. The van der Waals surface area contributed by atoms with Crippen LogP contribution in [-0.2, 0) is 23.4 Å². The fourth-order valence-electron chi connectivity index (χ4n) is 0. The maximum absolute atomic E-state index is 9.38. The Morgan fingerprint density at radius 2 is 1.67 bits per heavy atom. The third-order valence-corrected chi connectivity index (χ3v) is 0.236. The summed E-state index contributed by atoms with van der Waals surface area (Å²) < 4.78 is 0. The summed E-state index contributed by atoms with van der Waals surface area (Å²) in [5.74, 6) is 0.0787. The molecule has 0 bridgehead atoms. The average molecular weight is 122 g/mol. The first-order valence-corrected chi connectivity index (χ1v) is 1.65. The molecule has 0 amide bonds. The number of hydrogen-bond acceptors (Lipinski definition) is 1. The van der Waals surface area contributed by atoms with E-state index in [4.69, 9.17) is 0 Å². The maximum atomic E-state index is 9.38. The van der Waals surface area contributed by atoms with Gasteiger partial charge in [-0.2, -0.15) is 0 Å². The summed E-state index contributed by atoms with van der Waals surface area (Å²) >= 11 is 0. The molecule has 0 aliphatic carbocycles. The Hall–Kier alpha value is 0.254. The van der Waals surface area contributed by atoms with Crippen molar-refractivity contribution in [2.75, 3.05) is 0 Å². The minimum atomic E-state index is 0. The molecule has 0 aliphatic heterocycles. The van der Waals surface area contributed by atoms with E-state index in [9.17, 15) is 4.79 Å². The van der Waals surface area contributed by atoms with E-state index in [1.807, 2.05) is 0 Å². The second-order valence-corrected chi connectivity index (χ2v) is 1.27. The second-order valence-electron chi connectivity index (χ2n) is 1.27. The molecule has 0 unspecified atom stereocenters. The first-order valence-electron chi connectivity index (χ1n) is 1.65. The predicted molar refractivity (Wildman–Crippen MR) is 20.5 cm³/mol. The molecule has 35 valence electrons. The van der Waals surface area contributed by atoms with Crippen LogP contribution in [0.15, 0.2) is 0 Å². The van der Waals surface area contributed by atoms with Crippen molar-refractivity contribution in [1.82, 2.24) is 0 Å². The number of hydrogen-bond donors (Lipinski definition) is 0. The van der Waals surface area contributed by atoms with Gasteiger partial charge in [0.15, 0.2) is 0 Å². The Morgan fingerprint density at radius 3 is 1.67 bits per heavy atom. The van der Waals surface area contributed by atoms with Crippen LogP contribution in [0, 0.1) is 5.92 Å². The van der Waals surface area contributed by atoms with Crippen LogP contribution in [-0.4, -0.2) is 6.29 Å². The molecule has 0 rings (SSSR count). The Bertz CT molecular complexity index is 34.5. The molecule has 1 nitrogen and oxygen atoms in total. The Kier molecular flexibility index (Phi) is 8.35. The quantitative estimate of drug-likeness (QED) is 0.469. The second kappa shape index (κ2) is 5.25. The van der Waals surface area contributed by atoms with Crippen molar-refractivity contribution in [3.63, 3.8) is 0 Å². The van der Waals surface area contributed by atoms with Crippen LogP contribution in [0.25, 0.3) is 0 Å². The molecule has 0 aromatic heterocycles. The summed E-state index contributed by atoms with van der Waals surface area (Å²) in [4.78, 5) is 9.38. The molecule has 0 spiro atoms. The first kappa shape index (κ1) is 9.54. The molecule has 0 saturated carbocycles. The molecular weight excluding hydrogens is 115 g/mol. The van der Waals surface area contributed by atoms with E-state index in [-0.39, 0.29) is 24.5 Å². The average Bonchev–Trinajstić information content (AvgIpc) is 1.38. The van der Waals surface area contributed by atoms with Gasteiger partial charge in [-0.25, -0.2) is 0 Å². The topological polar surface area (TPSA) is 17.1 Å². The molecule has 0 fully saturated rings. The summed E-state index contributed by atoms with van der Waals surface area (Å²) in [7, 11) is 0. The number of carbonyl (C=O) groups excluding carboxylic acids is 1. The van der Waals surface area contributed by atoms with Crippen molar-refractivity contribution in [3.05, 3.63) is 0 Å². The van der Waals surface area contributed by atoms with Crippen LogP contribution in [0.3, 0.4) is 0 Å². The summed E-state index contributed by atoms with van der Waals surface area (Å²) in [6, 6.07) is 0. The van der Waals surface area contributed by atoms with Crippen LogP contribution in [0.1, 0.15) is 13.8 Å². The van der Waals surface area contributed by atoms with Crippen LogP contribution in [0.5, 0.6) is 0 Å². The van der Waals surface area contributed by atoms with Crippen LogP contribution in [0.2, 0.25) is 0 Å². The molecule has 2 heteroatoms. The zero-order valence-corrected chi connectivity index (χ0v) is 5.33. The molecule has 1 radical (unpaired) electrons. The van der Waals surface area contributed by atoms with Gasteiger partial charge < -0.3 is 4.79 Å². The van der Waals surface area contributed by atoms with Crippen LogP contribution >= 0.6 is 0 Å². The molecular formula is C4H7OV-. The zero-order valence-electron chi connectivity index (χ0n) is 3.93. The van der Waals surface area contributed by atoms with Gasteiger partial charge >= 0.3 is 0 Å². The van der Waals surface area contributed by atoms with E-state index >= 15 is 0 Å². The van der Waals surface area contributed by atoms with Crippen molar-refractivity contribution in [3.8, 4) is 0 Å². The van der Waals surface area contributed by atoms with Gasteiger partial charge in [0.1, 0.15) is 0 Å². The summed E-state index contributed by atoms with van der Waals surface area (Å²) in [5, 5.41) is 0. The van der Waals surface area contributed by atoms with Gasteiger partial charge in [0.25, 0.3) is 0 Å². The molecule has 0 atom stereocenters. The van der Waals surface area contributed by atoms with Crippen molar-refractivity contribution in [1.29, 1.82) is 0 Å². The summed E-state index contributed by atoms with van der Waals surface area (Å²) in [5.41, 5.74) is 0. The minimum absolute atomic E-state index is 0. The fraction of sp³-hybridized carbons (Fsp3) is 0.750. The molecule has 0 saturated heterocycles. The molecule has 0 aromatic rings. The monoisotopic (exact) mass is 122 g/mol. The van der Waals surface area contributed by atoms with Gasteiger partial charge in [-0.1, -0.05) is 13.8 Å². The van der Waals surface area contributed by atoms with Crippen molar-refractivity contribution in [2.24, 2.45) is 5.92 Å². The van der Waals surface area contributed by atoms with Gasteiger partial charge in [0.2, 0.25) is 0 Å². The fourth-order valence-corrected chi connectivity index (χ4v) is 0. The third kappa shape index (κ3) is 8.87. The van der Waals surface area contributed by atoms with E-state index in [0.717, 1.165) is 0 Å². The predicted octanol–water partition coefficient (Wildman–Crippen LogP) is 0.750. The minimum Gasteiger partial charge on any atom is -0.542 e. The Labute approximate surface area is 50.0 Å². The van der Waals surface area contributed by atoms with Gasteiger partial charge in [0, 0.05) is 18.6 Å². The van der Waals surface area contributed by atoms with Gasteiger partial charge in [0.05, 0.1) is 0 Å². The van der Waals surface area contributed by atoms with Gasteiger partial charge in [-0.15, -0.1) is 5.92 Å². The van der Waals surface area contributed by atoms with E-state index in [1.165, 1.54) is 0 Å². The van der Waals surface area contributed by atoms with Crippen LogP contribution < -0.4 is 0 Å². The SMILES string of the molecule is CC(C)[C-]=O.[V]. The molecule has 0 aromatic carbocycles. The van der Waals surface area contributed by atoms with E-state index in [1.54, 1.807) is 20.1 Å². The summed E-state index contributed by atoms with van der Waals surface area (Å²) in [6.45, 7) is 3.60. The van der Waals surface area contributed by atoms with Gasteiger partial charge in [-0.3, -0.25) is 6.29 Å². The standard InChI is InChI=1S/C4H7O.V/c1-4(2)3-5;/h4H,1-2H3;/q-1;. The van der Waals surface area contributed by atoms with E-state index < -0.39 is 0 Å². The largest absolute Gasteiger partial charge is 0.542 e. The zero-order chi connectivity index (χ0) is 4.28. The normalized spacial score (nSPS) is 7.17. The molecule has 6 heavy (non-hydrogen) atoms. The van der Waals surface area contributed by atoms with Crippen molar-refractivity contribution in [2.45, 2.75) is 13.8 Å². The van der Waals surface area contributed by atoms with Crippen molar-refractivity contribution >= 4 is 6.29 Å².